The van der Waals surface area contributed by atoms with Gasteiger partial charge in [0.15, 0.2) is 5.58 Å². The normalized spacial score (nSPS) is 14.9. The molecule has 0 radical (unpaired) electrons. The van der Waals surface area contributed by atoms with E-state index in [1.807, 2.05) is 36.4 Å². The van der Waals surface area contributed by atoms with E-state index in [9.17, 15) is 5.26 Å². The summed E-state index contributed by atoms with van der Waals surface area (Å²) in [4.78, 5) is 4.60. The van der Waals surface area contributed by atoms with Crippen molar-refractivity contribution in [2.24, 2.45) is 0 Å². The van der Waals surface area contributed by atoms with Gasteiger partial charge in [-0.25, -0.2) is 0 Å². The molecule has 0 unspecified atom stereocenters. The first-order chi connectivity index (χ1) is 12.8. The van der Waals surface area contributed by atoms with Crippen LogP contribution in [0.3, 0.4) is 0 Å². The molecular weight excluding hydrogens is 326 g/mol. The fourth-order valence-electron chi connectivity index (χ4n) is 3.57. The summed E-state index contributed by atoms with van der Waals surface area (Å²) in [5.74, 6) is 0.581. The summed E-state index contributed by atoms with van der Waals surface area (Å²) in [5.41, 5.74) is 4.05. The lowest BCUT2D eigenvalue weighted by molar-refractivity contribution is 0.413. The molecule has 0 atom stereocenters. The molecule has 0 spiro atoms. The van der Waals surface area contributed by atoms with Crippen LogP contribution in [0, 0.1) is 11.3 Å². The lowest BCUT2D eigenvalue weighted by Crippen LogP contribution is -2.22. The third-order valence-corrected chi connectivity index (χ3v) is 4.97. The second kappa shape index (κ2) is 7.09. The molecule has 26 heavy (non-hydrogen) atoms. The lowest BCUT2D eigenvalue weighted by atomic mass is 9.96. The monoisotopic (exact) mass is 347 g/mol. The average molecular weight is 347 g/mol. The van der Waals surface area contributed by atoms with Crippen molar-refractivity contribution in [2.75, 3.05) is 12.4 Å². The maximum atomic E-state index is 9.29. The molecule has 0 amide bonds. The van der Waals surface area contributed by atoms with Crippen molar-refractivity contribution in [3.8, 4) is 22.9 Å². The molecule has 132 valence electrons. The van der Waals surface area contributed by atoms with Gasteiger partial charge >= 0.3 is 0 Å². The first kappa shape index (κ1) is 16.5. The maximum absolute atomic E-state index is 9.29. The number of oxazole rings is 1. The van der Waals surface area contributed by atoms with Gasteiger partial charge in [0.1, 0.15) is 17.3 Å². The number of nitrogens with zero attached hydrogens (tertiary/aromatic N) is 2. The van der Waals surface area contributed by atoms with Crippen LogP contribution in [0.1, 0.15) is 37.7 Å². The van der Waals surface area contributed by atoms with Gasteiger partial charge in [0.25, 0.3) is 6.01 Å². The SMILES string of the molecule is COc1ccc(-c2ccc3oc(NC4CCCCC4)nc3c2)cc1C#N. The van der Waals surface area contributed by atoms with E-state index in [0.29, 0.717) is 23.4 Å². The highest BCUT2D eigenvalue weighted by atomic mass is 16.5. The number of benzene rings is 2. The van der Waals surface area contributed by atoms with Crippen molar-refractivity contribution in [3.05, 3.63) is 42.0 Å². The zero-order chi connectivity index (χ0) is 17.9. The first-order valence-corrected chi connectivity index (χ1v) is 9.02. The van der Waals surface area contributed by atoms with Gasteiger partial charge in [-0.05, 0) is 48.2 Å². The van der Waals surface area contributed by atoms with E-state index in [4.69, 9.17) is 9.15 Å². The highest BCUT2D eigenvalue weighted by molar-refractivity contribution is 5.82. The van der Waals surface area contributed by atoms with Crippen LogP contribution in [-0.2, 0) is 0 Å². The summed E-state index contributed by atoms with van der Waals surface area (Å²) in [6.07, 6.45) is 6.20. The van der Waals surface area contributed by atoms with Crippen LogP contribution in [0.4, 0.5) is 6.01 Å². The molecule has 4 rings (SSSR count). The molecule has 0 aliphatic heterocycles. The smallest absolute Gasteiger partial charge is 0.295 e. The van der Waals surface area contributed by atoms with Gasteiger partial charge in [0.05, 0.1) is 12.7 Å². The fraction of sp³-hybridized carbons (Fsp3) is 0.333. The van der Waals surface area contributed by atoms with Crippen LogP contribution >= 0.6 is 0 Å². The van der Waals surface area contributed by atoms with E-state index in [2.05, 4.69) is 16.4 Å². The Morgan fingerprint density at radius 2 is 1.88 bits per heavy atom. The minimum absolute atomic E-state index is 0.455. The summed E-state index contributed by atoms with van der Waals surface area (Å²) in [5, 5.41) is 12.7. The Hall–Kier alpha value is -3.00. The van der Waals surface area contributed by atoms with Crippen molar-refractivity contribution in [2.45, 2.75) is 38.1 Å². The number of hydrogen-bond acceptors (Lipinski definition) is 5. The van der Waals surface area contributed by atoms with Crippen LogP contribution in [0.2, 0.25) is 0 Å². The topological polar surface area (TPSA) is 71.1 Å². The third-order valence-electron chi connectivity index (χ3n) is 4.97. The first-order valence-electron chi connectivity index (χ1n) is 9.02. The molecule has 0 bridgehead atoms. The van der Waals surface area contributed by atoms with Gasteiger partial charge in [-0.2, -0.15) is 10.2 Å². The molecule has 5 heteroatoms. The molecule has 1 heterocycles. The Morgan fingerprint density at radius 1 is 1.12 bits per heavy atom. The Bertz CT molecular complexity index is 965. The van der Waals surface area contributed by atoms with Crippen LogP contribution in [-0.4, -0.2) is 18.1 Å². The number of rotatable bonds is 4. The third kappa shape index (κ3) is 3.23. The molecular formula is C21H21N3O2. The summed E-state index contributed by atoms with van der Waals surface area (Å²) in [6.45, 7) is 0. The maximum Gasteiger partial charge on any atom is 0.295 e. The predicted octanol–water partition coefficient (Wildman–Crippen LogP) is 5.12. The van der Waals surface area contributed by atoms with Crippen LogP contribution < -0.4 is 10.1 Å². The highest BCUT2D eigenvalue weighted by Gasteiger charge is 2.16. The molecule has 1 aliphatic carbocycles. The molecule has 1 fully saturated rings. The lowest BCUT2D eigenvalue weighted by Gasteiger charge is -2.21. The Morgan fingerprint density at radius 3 is 2.65 bits per heavy atom. The number of nitriles is 1. The molecule has 5 nitrogen and oxygen atoms in total. The second-order valence-corrected chi connectivity index (χ2v) is 6.71. The van der Waals surface area contributed by atoms with Crippen molar-refractivity contribution < 1.29 is 9.15 Å². The molecule has 1 saturated carbocycles. The zero-order valence-corrected chi connectivity index (χ0v) is 14.8. The fourth-order valence-corrected chi connectivity index (χ4v) is 3.57. The summed E-state index contributed by atoms with van der Waals surface area (Å²) < 4.78 is 11.1. The summed E-state index contributed by atoms with van der Waals surface area (Å²) >= 11 is 0. The largest absolute Gasteiger partial charge is 0.495 e. The number of hydrogen-bond donors (Lipinski definition) is 1. The Kier molecular flexibility index (Phi) is 4.49. The quantitative estimate of drug-likeness (QED) is 0.709. The van der Waals surface area contributed by atoms with E-state index < -0.39 is 0 Å². The van der Waals surface area contributed by atoms with Gasteiger partial charge in [0, 0.05) is 6.04 Å². The number of anilines is 1. The molecule has 1 aromatic heterocycles. The standard InChI is InChI=1S/C21H21N3O2/c1-25-19-9-7-14(11-16(19)13-22)15-8-10-20-18(12-15)24-21(26-20)23-17-5-3-2-4-6-17/h7-12,17H,2-6H2,1H3,(H,23,24). The number of aromatic nitrogens is 1. The predicted molar refractivity (Wildman–Crippen MR) is 101 cm³/mol. The average Bonchev–Trinajstić information content (AvgIpc) is 3.09. The van der Waals surface area contributed by atoms with Gasteiger partial charge in [0.2, 0.25) is 0 Å². The van der Waals surface area contributed by atoms with Crippen molar-refractivity contribution >= 4 is 17.1 Å². The van der Waals surface area contributed by atoms with Crippen LogP contribution in [0.15, 0.2) is 40.8 Å². The summed E-state index contributed by atoms with van der Waals surface area (Å²) in [6, 6.07) is 14.7. The van der Waals surface area contributed by atoms with E-state index >= 15 is 0 Å². The zero-order valence-electron chi connectivity index (χ0n) is 14.8. The minimum atomic E-state index is 0.455. The van der Waals surface area contributed by atoms with Crippen LogP contribution in [0.25, 0.3) is 22.2 Å². The van der Waals surface area contributed by atoms with Gasteiger partial charge in [-0.3, -0.25) is 0 Å². The summed E-state index contributed by atoms with van der Waals surface area (Å²) in [7, 11) is 1.57. The molecule has 1 N–H and O–H groups in total. The second-order valence-electron chi connectivity index (χ2n) is 6.71. The van der Waals surface area contributed by atoms with E-state index in [0.717, 1.165) is 22.2 Å². The minimum Gasteiger partial charge on any atom is -0.495 e. The van der Waals surface area contributed by atoms with Gasteiger partial charge in [-0.15, -0.1) is 0 Å². The van der Waals surface area contributed by atoms with Crippen LogP contribution in [0.5, 0.6) is 5.75 Å². The van der Waals surface area contributed by atoms with E-state index in [1.54, 1.807) is 7.11 Å². The van der Waals surface area contributed by atoms with E-state index in [-0.39, 0.29) is 0 Å². The highest BCUT2D eigenvalue weighted by Crippen LogP contribution is 2.30. The van der Waals surface area contributed by atoms with Crippen molar-refractivity contribution in [3.63, 3.8) is 0 Å². The number of methoxy groups -OCH3 is 1. The van der Waals surface area contributed by atoms with E-state index in [1.165, 1.54) is 32.1 Å². The Labute approximate surface area is 152 Å². The molecule has 2 aromatic carbocycles. The molecule has 3 aromatic rings. The molecule has 1 aliphatic rings. The Balaban J connectivity index is 1.62. The number of fused-ring (bicyclic) bond motifs is 1. The number of nitrogens with one attached hydrogen (secondary N) is 1. The van der Waals surface area contributed by atoms with Gasteiger partial charge < -0.3 is 14.5 Å². The number of ether oxygens (including phenoxy) is 1. The molecule has 0 saturated heterocycles. The van der Waals surface area contributed by atoms with Gasteiger partial charge in [-0.1, -0.05) is 31.4 Å². The van der Waals surface area contributed by atoms with Crippen molar-refractivity contribution in [1.29, 1.82) is 5.26 Å². The van der Waals surface area contributed by atoms with Crippen molar-refractivity contribution in [1.82, 2.24) is 4.98 Å².